The molecule has 0 saturated carbocycles. The number of carbonyl (C=O) groups excluding carboxylic acids is 2. The quantitative estimate of drug-likeness (QED) is 0.491. The van der Waals surface area contributed by atoms with Crippen LogP contribution in [0, 0.1) is 0 Å². The van der Waals surface area contributed by atoms with Gasteiger partial charge in [0.1, 0.15) is 0 Å². The maximum Gasteiger partial charge on any atom is 0.337 e. The number of methoxy groups -OCH3 is 1. The summed E-state index contributed by atoms with van der Waals surface area (Å²) in [4.78, 5) is 28.4. The van der Waals surface area contributed by atoms with E-state index < -0.39 is 11.9 Å². The summed E-state index contributed by atoms with van der Waals surface area (Å²) in [5.74, 6) is -0.288. The number of amides is 1. The van der Waals surface area contributed by atoms with Crippen LogP contribution in [0.25, 0.3) is 22.6 Å². The van der Waals surface area contributed by atoms with E-state index in [0.29, 0.717) is 22.1 Å². The van der Waals surface area contributed by atoms with E-state index in [9.17, 15) is 9.59 Å². The van der Waals surface area contributed by atoms with Gasteiger partial charge in [0.15, 0.2) is 16.6 Å². The number of anilines is 1. The van der Waals surface area contributed by atoms with Gasteiger partial charge in [-0.3, -0.25) is 10.1 Å². The highest BCUT2D eigenvalue weighted by Gasteiger charge is 2.16. The van der Waals surface area contributed by atoms with Crippen LogP contribution in [0.1, 0.15) is 20.8 Å². The molecule has 2 aromatic heterocycles. The number of hydrogen-bond donors (Lipinski definition) is 1. The molecule has 0 aliphatic rings. The third-order valence-corrected chi connectivity index (χ3v) is 4.89. The Morgan fingerprint density at radius 3 is 2.52 bits per heavy atom. The zero-order valence-corrected chi connectivity index (χ0v) is 16.1. The molecule has 4 rings (SSSR count). The van der Waals surface area contributed by atoms with Gasteiger partial charge in [-0.15, -0.1) is 11.3 Å². The van der Waals surface area contributed by atoms with Gasteiger partial charge in [-0.05, 0) is 12.1 Å². The minimum absolute atomic E-state index is 0.169. The third-order valence-electron chi connectivity index (χ3n) is 4.13. The van der Waals surface area contributed by atoms with E-state index in [0.717, 1.165) is 11.1 Å². The van der Waals surface area contributed by atoms with Gasteiger partial charge < -0.3 is 9.26 Å². The minimum Gasteiger partial charge on any atom is -0.465 e. The van der Waals surface area contributed by atoms with Crippen LogP contribution in [-0.4, -0.2) is 29.1 Å². The molecule has 0 atom stereocenters. The summed E-state index contributed by atoms with van der Waals surface area (Å²) < 4.78 is 9.95. The smallest absolute Gasteiger partial charge is 0.337 e. The van der Waals surface area contributed by atoms with Crippen LogP contribution in [0.3, 0.4) is 0 Å². The number of nitrogens with one attached hydrogen (secondary N) is 1. The second-order valence-corrected chi connectivity index (χ2v) is 6.86. The number of rotatable bonds is 5. The topological polar surface area (TPSA) is 94.3 Å². The maximum atomic E-state index is 12.4. The van der Waals surface area contributed by atoms with Crippen molar-refractivity contribution < 1.29 is 18.8 Å². The highest BCUT2D eigenvalue weighted by Crippen LogP contribution is 2.26. The van der Waals surface area contributed by atoms with Crippen molar-refractivity contribution in [1.29, 1.82) is 0 Å². The molecule has 0 aliphatic heterocycles. The molecular formula is C21H15N3O4S. The number of hydrogen-bond acceptors (Lipinski definition) is 7. The van der Waals surface area contributed by atoms with Crippen LogP contribution in [0.5, 0.6) is 0 Å². The third kappa shape index (κ3) is 4.07. The molecule has 2 aromatic carbocycles. The molecule has 1 amide bonds. The number of ether oxygens (including phenoxy) is 1. The number of thiazole rings is 1. The van der Waals surface area contributed by atoms with Gasteiger partial charge in [0, 0.05) is 22.6 Å². The van der Waals surface area contributed by atoms with Gasteiger partial charge in [0.25, 0.3) is 5.91 Å². The predicted octanol–water partition coefficient (Wildman–Crippen LogP) is 4.50. The Balaban J connectivity index is 1.46. The summed E-state index contributed by atoms with van der Waals surface area (Å²) in [6, 6.07) is 17.9. The monoisotopic (exact) mass is 405 g/mol. The van der Waals surface area contributed by atoms with Crippen molar-refractivity contribution in [3.63, 3.8) is 0 Å². The largest absolute Gasteiger partial charge is 0.465 e. The van der Waals surface area contributed by atoms with E-state index in [-0.39, 0.29) is 5.69 Å². The van der Waals surface area contributed by atoms with E-state index in [1.54, 1.807) is 30.3 Å². The fraction of sp³-hybridized carbons (Fsp3) is 0.0476. The van der Waals surface area contributed by atoms with Crippen molar-refractivity contribution >= 4 is 28.3 Å². The number of nitrogens with zero attached hydrogens (tertiary/aromatic N) is 2. The predicted molar refractivity (Wildman–Crippen MR) is 109 cm³/mol. The number of benzene rings is 2. The van der Waals surface area contributed by atoms with Crippen molar-refractivity contribution in [3.05, 3.63) is 77.3 Å². The lowest BCUT2D eigenvalue weighted by atomic mass is 10.1. The maximum absolute atomic E-state index is 12.4. The van der Waals surface area contributed by atoms with Gasteiger partial charge in [0.05, 0.1) is 18.4 Å². The Labute approximate surface area is 170 Å². The fourth-order valence-electron chi connectivity index (χ4n) is 2.64. The molecule has 7 nitrogen and oxygen atoms in total. The van der Waals surface area contributed by atoms with Crippen molar-refractivity contribution in [2.75, 3.05) is 12.4 Å². The Kier molecular flexibility index (Phi) is 5.17. The van der Waals surface area contributed by atoms with Crippen LogP contribution >= 0.6 is 11.3 Å². The molecular weight excluding hydrogens is 390 g/mol. The van der Waals surface area contributed by atoms with Crippen molar-refractivity contribution in [1.82, 2.24) is 10.1 Å². The second kappa shape index (κ2) is 8.07. The summed E-state index contributed by atoms with van der Waals surface area (Å²) >= 11 is 1.29. The SMILES string of the molecule is COC(=O)c1ccc(-c2csc(NC(=O)c3cc(-c4ccccc4)on3)n2)cc1. The normalized spacial score (nSPS) is 10.5. The molecule has 8 heteroatoms. The lowest BCUT2D eigenvalue weighted by Gasteiger charge is -2.01. The summed E-state index contributed by atoms with van der Waals surface area (Å²) in [6.45, 7) is 0. The van der Waals surface area contributed by atoms with Crippen LogP contribution in [0.15, 0.2) is 70.6 Å². The summed E-state index contributed by atoms with van der Waals surface area (Å²) in [7, 11) is 1.34. The number of carbonyl (C=O) groups is 2. The van der Waals surface area contributed by atoms with E-state index >= 15 is 0 Å². The van der Waals surface area contributed by atoms with Crippen molar-refractivity contribution in [3.8, 4) is 22.6 Å². The molecule has 1 N–H and O–H groups in total. The highest BCUT2D eigenvalue weighted by molar-refractivity contribution is 7.14. The van der Waals surface area contributed by atoms with Crippen LogP contribution in [0.2, 0.25) is 0 Å². The molecule has 0 unspecified atom stereocenters. The molecule has 0 fully saturated rings. The highest BCUT2D eigenvalue weighted by atomic mass is 32.1. The van der Waals surface area contributed by atoms with Crippen molar-refractivity contribution in [2.45, 2.75) is 0 Å². The zero-order valence-electron chi connectivity index (χ0n) is 15.3. The Morgan fingerprint density at radius 1 is 1.03 bits per heavy atom. The standard InChI is InChI=1S/C21H15N3O4S/c1-27-20(26)15-9-7-13(8-10-15)17-12-29-21(22-17)23-19(25)16-11-18(28-24-16)14-5-3-2-4-6-14/h2-12H,1H3,(H,22,23,25). The second-order valence-electron chi connectivity index (χ2n) is 6.00. The molecule has 0 radical (unpaired) electrons. The Hall–Kier alpha value is -3.78. The summed E-state index contributed by atoms with van der Waals surface area (Å²) in [5, 5.41) is 8.81. The summed E-state index contributed by atoms with van der Waals surface area (Å²) in [5.41, 5.74) is 2.98. The number of aromatic nitrogens is 2. The number of esters is 1. The fourth-order valence-corrected chi connectivity index (χ4v) is 3.36. The zero-order chi connectivity index (χ0) is 20.2. The van der Waals surface area contributed by atoms with Gasteiger partial charge in [-0.2, -0.15) is 0 Å². The first kappa shape index (κ1) is 18.6. The van der Waals surface area contributed by atoms with Gasteiger partial charge in [0.2, 0.25) is 0 Å². The van der Waals surface area contributed by atoms with Crippen LogP contribution in [0.4, 0.5) is 5.13 Å². The van der Waals surface area contributed by atoms with Gasteiger partial charge in [-0.1, -0.05) is 47.6 Å². The van der Waals surface area contributed by atoms with Crippen LogP contribution < -0.4 is 5.32 Å². The Bertz CT molecular complexity index is 1150. The van der Waals surface area contributed by atoms with Gasteiger partial charge >= 0.3 is 5.97 Å². The molecule has 2 heterocycles. The first-order chi connectivity index (χ1) is 14.1. The van der Waals surface area contributed by atoms with E-state index in [2.05, 4.69) is 20.2 Å². The summed E-state index contributed by atoms with van der Waals surface area (Å²) in [6.07, 6.45) is 0. The first-order valence-corrected chi connectivity index (χ1v) is 9.50. The van der Waals surface area contributed by atoms with E-state index in [1.807, 2.05) is 35.7 Å². The lowest BCUT2D eigenvalue weighted by Crippen LogP contribution is -2.11. The van der Waals surface area contributed by atoms with Gasteiger partial charge in [-0.25, -0.2) is 9.78 Å². The molecule has 0 saturated heterocycles. The minimum atomic E-state index is -0.405. The molecule has 29 heavy (non-hydrogen) atoms. The van der Waals surface area contributed by atoms with Crippen molar-refractivity contribution in [2.24, 2.45) is 0 Å². The molecule has 0 bridgehead atoms. The first-order valence-electron chi connectivity index (χ1n) is 8.62. The van der Waals surface area contributed by atoms with E-state index in [4.69, 9.17) is 4.52 Å². The average molecular weight is 405 g/mol. The lowest BCUT2D eigenvalue weighted by molar-refractivity contribution is 0.0600. The Morgan fingerprint density at radius 2 is 1.79 bits per heavy atom. The molecule has 0 spiro atoms. The van der Waals surface area contributed by atoms with Crippen LogP contribution in [-0.2, 0) is 4.74 Å². The average Bonchev–Trinajstić information content (AvgIpc) is 3.44. The molecule has 144 valence electrons. The van der Waals surface area contributed by atoms with E-state index in [1.165, 1.54) is 18.4 Å². The molecule has 4 aromatic rings. The molecule has 0 aliphatic carbocycles.